The van der Waals surface area contributed by atoms with Crippen molar-refractivity contribution in [1.82, 2.24) is 19.9 Å². The predicted octanol–water partition coefficient (Wildman–Crippen LogP) is 5.84. The van der Waals surface area contributed by atoms with E-state index in [4.69, 9.17) is 0 Å². The van der Waals surface area contributed by atoms with Crippen molar-refractivity contribution in [1.29, 1.82) is 0 Å². The molecule has 0 atom stereocenters. The third kappa shape index (κ3) is 5.43. The summed E-state index contributed by atoms with van der Waals surface area (Å²) in [5.74, 6) is 0.541. The quantitative estimate of drug-likeness (QED) is 0.256. The molecule has 1 saturated carbocycles. The summed E-state index contributed by atoms with van der Waals surface area (Å²) in [5, 5.41) is 6.26. The first-order valence-electron chi connectivity index (χ1n) is 14.8. The van der Waals surface area contributed by atoms with Crippen molar-refractivity contribution >= 4 is 40.1 Å². The van der Waals surface area contributed by atoms with Crippen LogP contribution in [0.5, 0.6) is 0 Å². The van der Waals surface area contributed by atoms with Gasteiger partial charge in [-0.3, -0.25) is 9.59 Å². The Morgan fingerprint density at radius 1 is 1.02 bits per heavy atom. The number of aromatic nitrogens is 3. The molecular formula is C32H34FN7O2S. The van der Waals surface area contributed by atoms with Gasteiger partial charge in [0.05, 0.1) is 23.3 Å². The maximum Gasteiger partial charge on any atom is 0.284 e. The van der Waals surface area contributed by atoms with Gasteiger partial charge in [-0.25, -0.2) is 14.4 Å². The highest BCUT2D eigenvalue weighted by Crippen LogP contribution is 2.51. The molecule has 3 aromatic heterocycles. The number of benzene rings is 1. The van der Waals surface area contributed by atoms with Gasteiger partial charge in [0.1, 0.15) is 17.3 Å². The van der Waals surface area contributed by atoms with Gasteiger partial charge in [-0.05, 0) is 81.5 Å². The van der Waals surface area contributed by atoms with Crippen LogP contribution in [0.3, 0.4) is 0 Å². The Morgan fingerprint density at radius 2 is 1.79 bits per heavy atom. The molecule has 222 valence electrons. The van der Waals surface area contributed by atoms with E-state index >= 15 is 0 Å². The van der Waals surface area contributed by atoms with E-state index in [1.54, 1.807) is 25.1 Å². The topological polar surface area (TPSA) is 106 Å². The molecule has 1 aliphatic heterocycles. The average molecular weight is 600 g/mol. The van der Waals surface area contributed by atoms with E-state index in [0.29, 0.717) is 45.2 Å². The van der Waals surface area contributed by atoms with E-state index in [-0.39, 0.29) is 11.2 Å². The molecule has 2 bridgehead atoms. The normalized spacial score (nSPS) is 19.7. The summed E-state index contributed by atoms with van der Waals surface area (Å²) in [5.41, 5.74) is 4.20. The molecule has 9 nitrogen and oxygen atoms in total. The number of rotatable bonds is 6. The number of thiazole rings is 1. The summed E-state index contributed by atoms with van der Waals surface area (Å²) < 4.78 is 14.9. The molecule has 4 heterocycles. The van der Waals surface area contributed by atoms with Gasteiger partial charge in [-0.2, -0.15) is 0 Å². The molecule has 0 spiro atoms. The fraction of sp³-hybridized carbons (Fsp3) is 0.375. The standard InChI is InChI=1S/C32H34FN7O2S/c1-18-23(16-26(30(41)35-18)36-27-10-8-22(17-34-27)40-13-11-39(2)12-14-40)21-7-9-24(33)25(15-21)37-31(42)32-38-28-19-3-5-20(6-4-19)29(28)43-32/h7-10,15-17,19-20H,3-6,11-14H2,1-2H3,(H,34,36)(H,35,41)(H,37,42). The lowest BCUT2D eigenvalue weighted by molar-refractivity contribution is 0.102. The summed E-state index contributed by atoms with van der Waals surface area (Å²) in [6.07, 6.45) is 6.39. The first-order valence-corrected chi connectivity index (χ1v) is 15.7. The minimum atomic E-state index is -0.538. The minimum absolute atomic E-state index is 0.0694. The van der Waals surface area contributed by atoms with Gasteiger partial charge in [0.2, 0.25) is 0 Å². The zero-order chi connectivity index (χ0) is 29.7. The summed E-state index contributed by atoms with van der Waals surface area (Å²) >= 11 is 1.44. The zero-order valence-corrected chi connectivity index (χ0v) is 25.1. The van der Waals surface area contributed by atoms with Crippen molar-refractivity contribution in [2.75, 3.05) is 48.8 Å². The summed E-state index contributed by atoms with van der Waals surface area (Å²) in [6, 6.07) is 10.2. The number of H-pyrrole nitrogens is 1. The first kappa shape index (κ1) is 27.7. The second-order valence-electron chi connectivity index (χ2n) is 11.8. The van der Waals surface area contributed by atoms with Crippen molar-refractivity contribution in [3.63, 3.8) is 0 Å². The van der Waals surface area contributed by atoms with Crippen LogP contribution in [0.15, 0.2) is 47.4 Å². The number of halogens is 1. The molecule has 11 heteroatoms. The third-order valence-corrected chi connectivity index (χ3v) is 10.2. The third-order valence-electron chi connectivity index (χ3n) is 9.00. The second-order valence-corrected chi connectivity index (χ2v) is 12.9. The predicted molar refractivity (Wildman–Crippen MR) is 168 cm³/mol. The number of anilines is 4. The molecule has 3 aliphatic carbocycles. The van der Waals surface area contributed by atoms with Crippen LogP contribution >= 0.6 is 11.3 Å². The lowest BCUT2D eigenvalue weighted by Gasteiger charge is -2.34. The van der Waals surface area contributed by atoms with Crippen molar-refractivity contribution in [3.8, 4) is 11.1 Å². The number of pyridine rings is 2. The van der Waals surface area contributed by atoms with E-state index < -0.39 is 11.7 Å². The van der Waals surface area contributed by atoms with E-state index in [1.807, 2.05) is 18.3 Å². The number of carbonyl (C=O) groups is 1. The number of aromatic amines is 1. The number of amides is 1. The highest BCUT2D eigenvalue weighted by atomic mass is 32.1. The molecule has 1 saturated heterocycles. The van der Waals surface area contributed by atoms with E-state index in [2.05, 4.69) is 42.4 Å². The molecule has 43 heavy (non-hydrogen) atoms. The van der Waals surface area contributed by atoms with Crippen LogP contribution < -0.4 is 21.1 Å². The Morgan fingerprint density at radius 3 is 2.51 bits per heavy atom. The number of hydrogen-bond donors (Lipinski definition) is 3. The fourth-order valence-corrected chi connectivity index (χ4v) is 7.70. The number of aryl methyl sites for hydroxylation is 1. The van der Waals surface area contributed by atoms with Crippen LogP contribution in [0.25, 0.3) is 11.1 Å². The summed E-state index contributed by atoms with van der Waals surface area (Å²) in [6.45, 7) is 5.69. The SMILES string of the molecule is Cc1[nH]c(=O)c(Nc2ccc(N3CCN(C)CC3)cn2)cc1-c1ccc(F)c(NC(=O)c2nc3c(s2)C2CCC3CC2)c1. The monoisotopic (exact) mass is 599 g/mol. The molecule has 1 aromatic carbocycles. The van der Waals surface area contributed by atoms with Crippen LogP contribution in [-0.4, -0.2) is 59.0 Å². The van der Waals surface area contributed by atoms with Crippen molar-refractivity contribution in [2.45, 2.75) is 44.4 Å². The number of piperazine rings is 1. The van der Waals surface area contributed by atoms with E-state index in [9.17, 15) is 14.0 Å². The van der Waals surface area contributed by atoms with Crippen molar-refractivity contribution in [2.24, 2.45) is 0 Å². The van der Waals surface area contributed by atoms with Gasteiger partial charge in [-0.1, -0.05) is 6.07 Å². The van der Waals surface area contributed by atoms with Crippen molar-refractivity contribution < 1.29 is 9.18 Å². The molecule has 4 aliphatic rings. The van der Waals surface area contributed by atoms with Crippen LogP contribution in [-0.2, 0) is 0 Å². The number of fused-ring (bicyclic) bond motifs is 2. The maximum atomic E-state index is 14.9. The van der Waals surface area contributed by atoms with Crippen LogP contribution in [0, 0.1) is 12.7 Å². The van der Waals surface area contributed by atoms with E-state index in [1.165, 1.54) is 22.3 Å². The van der Waals surface area contributed by atoms with Crippen LogP contribution in [0.4, 0.5) is 27.3 Å². The molecular weight excluding hydrogens is 565 g/mol. The first-order chi connectivity index (χ1) is 20.8. The van der Waals surface area contributed by atoms with Crippen LogP contribution in [0.2, 0.25) is 0 Å². The average Bonchev–Trinajstić information content (AvgIpc) is 3.50. The minimum Gasteiger partial charge on any atom is -0.368 e. The number of nitrogens with zero attached hydrogens (tertiary/aromatic N) is 4. The van der Waals surface area contributed by atoms with Gasteiger partial charge in [-0.15, -0.1) is 11.3 Å². The maximum absolute atomic E-state index is 14.9. The van der Waals surface area contributed by atoms with Crippen LogP contribution in [0.1, 0.15) is 63.6 Å². The Balaban J connectivity index is 1.10. The molecule has 8 rings (SSSR count). The van der Waals surface area contributed by atoms with Crippen molar-refractivity contribution in [3.05, 3.63) is 80.0 Å². The molecule has 0 unspecified atom stereocenters. The molecule has 0 radical (unpaired) electrons. The second kappa shape index (κ2) is 11.2. The molecule has 4 aromatic rings. The van der Waals surface area contributed by atoms with Gasteiger partial charge >= 0.3 is 0 Å². The summed E-state index contributed by atoms with van der Waals surface area (Å²) in [7, 11) is 2.12. The smallest absolute Gasteiger partial charge is 0.284 e. The Kier molecular flexibility index (Phi) is 7.22. The Bertz CT molecular complexity index is 1710. The van der Waals surface area contributed by atoms with Gasteiger partial charge < -0.3 is 25.4 Å². The largest absolute Gasteiger partial charge is 0.368 e. The number of carbonyl (C=O) groups excluding carboxylic acids is 1. The van der Waals surface area contributed by atoms with Gasteiger partial charge in [0.25, 0.3) is 11.5 Å². The molecule has 2 fully saturated rings. The highest BCUT2D eigenvalue weighted by Gasteiger charge is 2.37. The zero-order valence-electron chi connectivity index (χ0n) is 24.2. The number of nitrogens with one attached hydrogen (secondary N) is 3. The fourth-order valence-electron chi connectivity index (χ4n) is 6.48. The van der Waals surface area contributed by atoms with Gasteiger partial charge in [0.15, 0.2) is 5.01 Å². The molecule has 3 N–H and O–H groups in total. The lowest BCUT2D eigenvalue weighted by Crippen LogP contribution is -2.44. The number of likely N-dealkylation sites (N-methyl/N-ethyl adjacent to an activating group) is 1. The Hall–Kier alpha value is -4.09. The number of hydrogen-bond acceptors (Lipinski definition) is 8. The molecule has 1 amide bonds. The van der Waals surface area contributed by atoms with E-state index in [0.717, 1.165) is 63.2 Å². The Labute approximate surface area is 253 Å². The highest BCUT2D eigenvalue weighted by molar-refractivity contribution is 7.14. The summed E-state index contributed by atoms with van der Waals surface area (Å²) in [4.78, 5) is 44.0. The lowest BCUT2D eigenvalue weighted by atomic mass is 9.73. The van der Waals surface area contributed by atoms with Gasteiger partial charge in [0, 0.05) is 48.2 Å².